The van der Waals surface area contributed by atoms with Crippen molar-refractivity contribution in [3.63, 3.8) is 0 Å². The van der Waals surface area contributed by atoms with Crippen molar-refractivity contribution >= 4 is 11.8 Å². The van der Waals surface area contributed by atoms with E-state index in [1.807, 2.05) is 11.8 Å². The summed E-state index contributed by atoms with van der Waals surface area (Å²) in [6, 6.07) is 6.52. The van der Waals surface area contributed by atoms with Gasteiger partial charge in [-0.05, 0) is 56.2 Å². The van der Waals surface area contributed by atoms with Crippen molar-refractivity contribution in [2.75, 3.05) is 32.0 Å². The molecule has 0 aromatic heterocycles. The molecular weight excluding hydrogens is 254 g/mol. The first-order valence-corrected chi connectivity index (χ1v) is 8.52. The highest BCUT2D eigenvalue weighted by molar-refractivity contribution is 7.99. The van der Waals surface area contributed by atoms with Gasteiger partial charge in [0, 0.05) is 6.54 Å². The summed E-state index contributed by atoms with van der Waals surface area (Å²) in [7, 11) is 0. The van der Waals surface area contributed by atoms with Gasteiger partial charge in [0.15, 0.2) is 0 Å². The molecular formula is C16H23NOS. The predicted octanol–water partition coefficient (Wildman–Crippen LogP) is 3.59. The minimum Gasteiger partial charge on any atom is -0.491 e. The van der Waals surface area contributed by atoms with E-state index in [4.69, 9.17) is 4.74 Å². The summed E-state index contributed by atoms with van der Waals surface area (Å²) < 4.78 is 6.04. The number of benzene rings is 1. The van der Waals surface area contributed by atoms with Crippen molar-refractivity contribution in [3.05, 3.63) is 23.8 Å². The lowest BCUT2D eigenvalue weighted by molar-refractivity contribution is 0.181. The molecule has 0 atom stereocenters. The van der Waals surface area contributed by atoms with Crippen LogP contribution in [-0.2, 0) is 6.42 Å². The molecule has 0 unspecified atom stereocenters. The molecule has 0 bridgehead atoms. The van der Waals surface area contributed by atoms with Crippen LogP contribution in [0, 0.1) is 0 Å². The van der Waals surface area contributed by atoms with E-state index in [-0.39, 0.29) is 0 Å². The quantitative estimate of drug-likeness (QED) is 0.834. The molecule has 1 aromatic rings. The number of aryl methyl sites for hydroxylation is 1. The number of piperidine rings is 1. The van der Waals surface area contributed by atoms with Crippen molar-refractivity contribution in [2.24, 2.45) is 0 Å². The van der Waals surface area contributed by atoms with E-state index in [1.165, 1.54) is 61.4 Å². The van der Waals surface area contributed by atoms with E-state index < -0.39 is 0 Å². The molecule has 2 aliphatic heterocycles. The smallest absolute Gasteiger partial charge is 0.133 e. The summed E-state index contributed by atoms with van der Waals surface area (Å²) in [5.41, 5.74) is 1.48. The summed E-state index contributed by atoms with van der Waals surface area (Å²) in [6.07, 6.45) is 6.63. The van der Waals surface area contributed by atoms with Crippen molar-refractivity contribution in [2.45, 2.75) is 37.0 Å². The van der Waals surface area contributed by atoms with Gasteiger partial charge in [0.1, 0.15) is 12.4 Å². The van der Waals surface area contributed by atoms with Gasteiger partial charge in [-0.25, -0.2) is 0 Å². The molecule has 2 heterocycles. The maximum atomic E-state index is 6.04. The number of nitrogens with zero attached hydrogens (tertiary/aromatic N) is 1. The average molecular weight is 277 g/mol. The van der Waals surface area contributed by atoms with E-state index in [9.17, 15) is 0 Å². The Morgan fingerprint density at radius 1 is 1.11 bits per heavy atom. The fourth-order valence-corrected chi connectivity index (χ4v) is 4.06. The standard InChI is InChI=1S/C16H23NOS/c1-2-9-17(10-3-1)11-12-18-15-8-4-6-14-7-5-13-19-16(14)15/h4,6,8H,1-3,5,7,9-13H2. The molecule has 0 N–H and O–H groups in total. The molecule has 0 saturated carbocycles. The van der Waals surface area contributed by atoms with Gasteiger partial charge in [0.25, 0.3) is 0 Å². The van der Waals surface area contributed by atoms with Crippen LogP contribution in [0.15, 0.2) is 23.1 Å². The van der Waals surface area contributed by atoms with Crippen LogP contribution in [0.25, 0.3) is 0 Å². The van der Waals surface area contributed by atoms with E-state index in [0.29, 0.717) is 0 Å². The fourth-order valence-electron chi connectivity index (χ4n) is 2.94. The van der Waals surface area contributed by atoms with E-state index in [2.05, 4.69) is 23.1 Å². The van der Waals surface area contributed by atoms with Gasteiger partial charge in [-0.15, -0.1) is 11.8 Å². The van der Waals surface area contributed by atoms with Crippen LogP contribution in [0.3, 0.4) is 0 Å². The third kappa shape index (κ3) is 3.46. The zero-order chi connectivity index (χ0) is 12.9. The lowest BCUT2D eigenvalue weighted by Crippen LogP contribution is -2.33. The van der Waals surface area contributed by atoms with Gasteiger partial charge in [-0.3, -0.25) is 4.90 Å². The molecule has 1 saturated heterocycles. The lowest BCUT2D eigenvalue weighted by atomic mass is 10.1. The van der Waals surface area contributed by atoms with Crippen LogP contribution in [0.5, 0.6) is 5.75 Å². The maximum absolute atomic E-state index is 6.04. The normalized spacial score (nSPS) is 20.0. The highest BCUT2D eigenvalue weighted by Gasteiger charge is 2.15. The molecule has 0 aliphatic carbocycles. The number of hydrogen-bond acceptors (Lipinski definition) is 3. The molecule has 1 aromatic carbocycles. The molecule has 104 valence electrons. The van der Waals surface area contributed by atoms with Crippen molar-refractivity contribution in [1.82, 2.24) is 4.90 Å². The Hall–Kier alpha value is -0.670. The van der Waals surface area contributed by atoms with Crippen LogP contribution in [0.1, 0.15) is 31.2 Å². The van der Waals surface area contributed by atoms with E-state index in [1.54, 1.807) is 0 Å². The highest BCUT2D eigenvalue weighted by atomic mass is 32.2. The first-order valence-electron chi connectivity index (χ1n) is 7.53. The number of ether oxygens (including phenoxy) is 1. The third-order valence-electron chi connectivity index (χ3n) is 4.01. The summed E-state index contributed by atoms with van der Waals surface area (Å²) in [6.45, 7) is 4.42. The SMILES string of the molecule is c1cc2c(c(OCCN3CCCCC3)c1)SCCC2. The van der Waals surface area contributed by atoms with E-state index >= 15 is 0 Å². The van der Waals surface area contributed by atoms with Gasteiger partial charge in [0.05, 0.1) is 4.90 Å². The minimum absolute atomic E-state index is 0.830. The molecule has 0 radical (unpaired) electrons. The molecule has 3 heteroatoms. The first kappa shape index (κ1) is 13.3. The largest absolute Gasteiger partial charge is 0.491 e. The number of rotatable bonds is 4. The summed E-state index contributed by atoms with van der Waals surface area (Å²) in [5.74, 6) is 2.35. The van der Waals surface area contributed by atoms with Crippen LogP contribution in [-0.4, -0.2) is 36.9 Å². The Kier molecular flexibility index (Phi) is 4.67. The van der Waals surface area contributed by atoms with Crippen LogP contribution in [0.4, 0.5) is 0 Å². The number of likely N-dealkylation sites (tertiary alicyclic amines) is 1. The van der Waals surface area contributed by atoms with Gasteiger partial charge in [-0.1, -0.05) is 18.6 Å². The summed E-state index contributed by atoms with van der Waals surface area (Å²) in [5, 5.41) is 0. The summed E-state index contributed by atoms with van der Waals surface area (Å²) in [4.78, 5) is 3.93. The van der Waals surface area contributed by atoms with Crippen molar-refractivity contribution in [1.29, 1.82) is 0 Å². The Labute approximate surface area is 120 Å². The number of hydrogen-bond donors (Lipinski definition) is 0. The monoisotopic (exact) mass is 277 g/mol. The molecule has 0 amide bonds. The molecule has 19 heavy (non-hydrogen) atoms. The molecule has 3 rings (SSSR count). The van der Waals surface area contributed by atoms with Gasteiger partial charge < -0.3 is 4.74 Å². The highest BCUT2D eigenvalue weighted by Crippen LogP contribution is 2.37. The fraction of sp³-hybridized carbons (Fsp3) is 0.625. The first-order chi connectivity index (χ1) is 9.43. The van der Waals surface area contributed by atoms with Gasteiger partial charge >= 0.3 is 0 Å². The zero-order valence-corrected chi connectivity index (χ0v) is 12.4. The minimum atomic E-state index is 0.830. The van der Waals surface area contributed by atoms with Gasteiger partial charge in [-0.2, -0.15) is 0 Å². The van der Waals surface area contributed by atoms with Crippen molar-refractivity contribution < 1.29 is 4.74 Å². The Morgan fingerprint density at radius 2 is 2.00 bits per heavy atom. The molecule has 2 nitrogen and oxygen atoms in total. The van der Waals surface area contributed by atoms with Crippen LogP contribution in [0.2, 0.25) is 0 Å². The second-order valence-corrected chi connectivity index (χ2v) is 6.55. The van der Waals surface area contributed by atoms with Crippen LogP contribution >= 0.6 is 11.8 Å². The number of fused-ring (bicyclic) bond motifs is 1. The maximum Gasteiger partial charge on any atom is 0.133 e. The predicted molar refractivity (Wildman–Crippen MR) is 81.3 cm³/mol. The Balaban J connectivity index is 1.54. The number of thioether (sulfide) groups is 1. The van der Waals surface area contributed by atoms with Crippen molar-refractivity contribution in [3.8, 4) is 5.75 Å². The summed E-state index contributed by atoms with van der Waals surface area (Å²) >= 11 is 1.96. The topological polar surface area (TPSA) is 12.5 Å². The second-order valence-electron chi connectivity index (χ2n) is 5.45. The zero-order valence-electron chi connectivity index (χ0n) is 11.6. The molecule has 0 spiro atoms. The Bertz CT molecular complexity index is 415. The van der Waals surface area contributed by atoms with Gasteiger partial charge in [0.2, 0.25) is 0 Å². The second kappa shape index (κ2) is 6.67. The molecule has 2 aliphatic rings. The lowest BCUT2D eigenvalue weighted by Gasteiger charge is -2.26. The molecule has 1 fully saturated rings. The van der Waals surface area contributed by atoms with E-state index in [0.717, 1.165) is 18.9 Å². The Morgan fingerprint density at radius 3 is 2.89 bits per heavy atom. The van der Waals surface area contributed by atoms with Crippen LogP contribution < -0.4 is 4.74 Å². The third-order valence-corrected chi connectivity index (χ3v) is 5.26. The average Bonchev–Trinajstić information content (AvgIpc) is 2.49.